The highest BCUT2D eigenvalue weighted by molar-refractivity contribution is 5.87. The molecule has 0 spiro atoms. The summed E-state index contributed by atoms with van der Waals surface area (Å²) in [6.45, 7) is 2.67. The number of likely N-dealkylation sites (tertiary alicyclic amines) is 1. The lowest BCUT2D eigenvalue weighted by Gasteiger charge is -2.36. The number of urea groups is 1. The minimum absolute atomic E-state index is 0.250. The summed E-state index contributed by atoms with van der Waals surface area (Å²) in [6, 6.07) is -0.250. The fourth-order valence-electron chi connectivity index (χ4n) is 2.93. The van der Waals surface area contributed by atoms with E-state index >= 15 is 0 Å². The fraction of sp³-hybridized carbons (Fsp3) is 0.643. The predicted octanol–water partition coefficient (Wildman–Crippen LogP) is 1.30. The molecule has 1 atom stereocenters. The van der Waals surface area contributed by atoms with Crippen molar-refractivity contribution in [3.8, 4) is 0 Å². The number of carbonyl (C=O) groups excluding carboxylic acids is 1. The zero-order valence-electron chi connectivity index (χ0n) is 12.7. The van der Waals surface area contributed by atoms with Crippen LogP contribution in [0.25, 0.3) is 0 Å². The zero-order valence-corrected chi connectivity index (χ0v) is 12.7. The molecule has 1 saturated heterocycles. The second kappa shape index (κ2) is 5.75. The average molecular weight is 294 g/mol. The molecule has 7 nitrogen and oxygen atoms in total. The molecule has 0 radical (unpaired) electrons. The van der Waals surface area contributed by atoms with Gasteiger partial charge in [0.25, 0.3) is 0 Å². The predicted molar refractivity (Wildman–Crippen MR) is 76.7 cm³/mol. The molecule has 0 aromatic carbocycles. The van der Waals surface area contributed by atoms with Gasteiger partial charge in [0.1, 0.15) is 11.4 Å². The van der Waals surface area contributed by atoms with Gasteiger partial charge in [0.05, 0.1) is 6.54 Å². The van der Waals surface area contributed by atoms with Crippen molar-refractivity contribution in [2.75, 3.05) is 13.6 Å². The van der Waals surface area contributed by atoms with Crippen LogP contribution in [-0.4, -0.2) is 55.6 Å². The maximum atomic E-state index is 12.6. The van der Waals surface area contributed by atoms with Gasteiger partial charge in [-0.15, -0.1) is 0 Å². The van der Waals surface area contributed by atoms with Gasteiger partial charge in [-0.1, -0.05) is 6.92 Å². The van der Waals surface area contributed by atoms with Crippen LogP contribution in [0.15, 0.2) is 12.4 Å². The lowest BCUT2D eigenvalue weighted by atomic mass is 9.93. The Bertz CT molecular complexity index is 542. The summed E-state index contributed by atoms with van der Waals surface area (Å²) in [5.74, 6) is -0.149. The molecule has 0 bridgehead atoms. The monoisotopic (exact) mass is 294 g/mol. The van der Waals surface area contributed by atoms with Crippen molar-refractivity contribution in [3.63, 3.8) is 0 Å². The first-order valence-corrected chi connectivity index (χ1v) is 7.14. The Morgan fingerprint density at radius 2 is 2.24 bits per heavy atom. The van der Waals surface area contributed by atoms with Gasteiger partial charge in [0, 0.05) is 33.0 Å². The second-order valence-corrected chi connectivity index (χ2v) is 5.54. The van der Waals surface area contributed by atoms with Gasteiger partial charge in [-0.05, 0) is 19.3 Å². The van der Waals surface area contributed by atoms with Crippen LogP contribution >= 0.6 is 0 Å². The smallest absolute Gasteiger partial charge is 0.329 e. The number of aryl methyl sites for hydroxylation is 1. The van der Waals surface area contributed by atoms with Crippen molar-refractivity contribution in [1.29, 1.82) is 0 Å². The highest BCUT2D eigenvalue weighted by Crippen LogP contribution is 2.33. The van der Waals surface area contributed by atoms with Crippen molar-refractivity contribution < 1.29 is 14.7 Å². The molecule has 0 saturated carbocycles. The summed E-state index contributed by atoms with van der Waals surface area (Å²) >= 11 is 0. The van der Waals surface area contributed by atoms with E-state index in [-0.39, 0.29) is 6.03 Å². The van der Waals surface area contributed by atoms with Crippen LogP contribution in [0, 0.1) is 0 Å². The van der Waals surface area contributed by atoms with Crippen molar-refractivity contribution in [2.45, 2.75) is 38.3 Å². The van der Waals surface area contributed by atoms with Crippen LogP contribution in [0.4, 0.5) is 4.79 Å². The maximum Gasteiger partial charge on any atom is 0.329 e. The molecule has 116 valence electrons. The second-order valence-electron chi connectivity index (χ2n) is 5.54. The SMILES string of the molecule is CCC1(C(=O)O)CCCN1C(=O)N(C)Cc1nccn1C. The van der Waals surface area contributed by atoms with Crippen LogP contribution in [0.2, 0.25) is 0 Å². The summed E-state index contributed by atoms with van der Waals surface area (Å²) < 4.78 is 1.85. The largest absolute Gasteiger partial charge is 0.479 e. The third kappa shape index (κ3) is 2.59. The number of carbonyl (C=O) groups is 2. The Morgan fingerprint density at radius 3 is 2.76 bits per heavy atom. The lowest BCUT2D eigenvalue weighted by Crippen LogP contribution is -2.55. The molecule has 1 aromatic rings. The quantitative estimate of drug-likeness (QED) is 0.908. The van der Waals surface area contributed by atoms with E-state index in [1.807, 2.05) is 24.7 Å². The normalized spacial score (nSPS) is 21.6. The number of aromatic nitrogens is 2. The van der Waals surface area contributed by atoms with Gasteiger partial charge in [-0.2, -0.15) is 0 Å². The number of hydrogen-bond acceptors (Lipinski definition) is 3. The van der Waals surface area contributed by atoms with Gasteiger partial charge in [-0.3, -0.25) is 0 Å². The first-order chi connectivity index (χ1) is 9.92. The highest BCUT2D eigenvalue weighted by atomic mass is 16.4. The van der Waals surface area contributed by atoms with E-state index in [0.29, 0.717) is 25.9 Å². The molecule has 1 aliphatic rings. The van der Waals surface area contributed by atoms with Gasteiger partial charge < -0.3 is 19.5 Å². The molecule has 1 unspecified atom stereocenters. The summed E-state index contributed by atoms with van der Waals surface area (Å²) in [7, 11) is 3.54. The molecule has 1 aliphatic heterocycles. The summed E-state index contributed by atoms with van der Waals surface area (Å²) in [6.07, 6.45) is 5.15. The number of carboxylic acid groups (broad SMARTS) is 1. The van der Waals surface area contributed by atoms with Crippen LogP contribution in [-0.2, 0) is 18.4 Å². The van der Waals surface area contributed by atoms with Crippen LogP contribution in [0.1, 0.15) is 32.0 Å². The van der Waals surface area contributed by atoms with Gasteiger partial charge in [0.2, 0.25) is 0 Å². The third-order valence-electron chi connectivity index (χ3n) is 4.33. The van der Waals surface area contributed by atoms with Gasteiger partial charge in [0.15, 0.2) is 0 Å². The van der Waals surface area contributed by atoms with Crippen molar-refractivity contribution in [3.05, 3.63) is 18.2 Å². The third-order valence-corrected chi connectivity index (χ3v) is 4.33. The van der Waals surface area contributed by atoms with E-state index < -0.39 is 11.5 Å². The molecule has 1 aromatic heterocycles. The molecule has 1 N–H and O–H groups in total. The summed E-state index contributed by atoms with van der Waals surface area (Å²) in [4.78, 5) is 31.5. The minimum atomic E-state index is -1.06. The molecule has 7 heteroatoms. The fourth-order valence-corrected chi connectivity index (χ4v) is 2.93. The molecule has 2 rings (SSSR count). The van der Waals surface area contributed by atoms with E-state index in [9.17, 15) is 14.7 Å². The first-order valence-electron chi connectivity index (χ1n) is 7.14. The molecular formula is C14H22N4O3. The Morgan fingerprint density at radius 1 is 1.52 bits per heavy atom. The van der Waals surface area contributed by atoms with Gasteiger partial charge >= 0.3 is 12.0 Å². The van der Waals surface area contributed by atoms with E-state index in [0.717, 1.165) is 12.2 Å². The Hall–Kier alpha value is -2.05. The van der Waals surface area contributed by atoms with Crippen LogP contribution in [0.5, 0.6) is 0 Å². The molecule has 2 amide bonds. The first kappa shape index (κ1) is 15.3. The van der Waals surface area contributed by atoms with E-state index in [2.05, 4.69) is 4.98 Å². The number of rotatable bonds is 4. The zero-order chi connectivity index (χ0) is 15.6. The van der Waals surface area contributed by atoms with Crippen LogP contribution < -0.4 is 0 Å². The Kier molecular flexibility index (Phi) is 4.20. The minimum Gasteiger partial charge on any atom is -0.479 e. The van der Waals surface area contributed by atoms with E-state index in [1.165, 1.54) is 9.80 Å². The molecule has 2 heterocycles. The van der Waals surface area contributed by atoms with E-state index in [1.54, 1.807) is 13.2 Å². The lowest BCUT2D eigenvalue weighted by molar-refractivity contribution is -0.148. The average Bonchev–Trinajstić information content (AvgIpc) is 3.05. The van der Waals surface area contributed by atoms with Crippen molar-refractivity contribution >= 4 is 12.0 Å². The van der Waals surface area contributed by atoms with E-state index in [4.69, 9.17) is 0 Å². The van der Waals surface area contributed by atoms with Crippen molar-refractivity contribution in [2.24, 2.45) is 7.05 Å². The maximum absolute atomic E-state index is 12.6. The Balaban J connectivity index is 2.15. The molecule has 21 heavy (non-hydrogen) atoms. The number of aliphatic carboxylic acids is 1. The number of hydrogen-bond donors (Lipinski definition) is 1. The molecule has 1 fully saturated rings. The summed E-state index contributed by atoms with van der Waals surface area (Å²) in [5.41, 5.74) is -1.06. The summed E-state index contributed by atoms with van der Waals surface area (Å²) in [5, 5.41) is 9.54. The number of imidazole rings is 1. The molecule has 0 aliphatic carbocycles. The van der Waals surface area contributed by atoms with Crippen LogP contribution in [0.3, 0.4) is 0 Å². The van der Waals surface area contributed by atoms with Crippen molar-refractivity contribution in [1.82, 2.24) is 19.4 Å². The topological polar surface area (TPSA) is 78.7 Å². The standard InChI is InChI=1S/C14H22N4O3/c1-4-14(12(19)20)6-5-8-18(14)13(21)17(3)10-11-15-7-9-16(11)2/h7,9H,4-6,8,10H2,1-3H3,(H,19,20). The number of amides is 2. The molecular weight excluding hydrogens is 272 g/mol. The highest BCUT2D eigenvalue weighted by Gasteiger charge is 2.49. The number of carboxylic acids is 1. The Labute approximate surface area is 124 Å². The van der Waals surface area contributed by atoms with Gasteiger partial charge in [-0.25, -0.2) is 14.6 Å². The number of nitrogens with zero attached hydrogens (tertiary/aromatic N) is 4.